The number of rotatable bonds is 5. The lowest BCUT2D eigenvalue weighted by Gasteiger charge is -2.19. The molecule has 106 valence electrons. The van der Waals surface area contributed by atoms with Crippen molar-refractivity contribution in [3.05, 3.63) is 52.7 Å². The monoisotopic (exact) mass is 307 g/mol. The van der Waals surface area contributed by atoms with Gasteiger partial charge < -0.3 is 11.1 Å². The molecule has 0 aliphatic carbocycles. The van der Waals surface area contributed by atoms with Gasteiger partial charge in [0.25, 0.3) is 0 Å². The molecule has 0 fully saturated rings. The summed E-state index contributed by atoms with van der Waals surface area (Å²) in [5.74, 6) is 1.46. The molecule has 0 saturated heterocycles. The van der Waals surface area contributed by atoms with Crippen molar-refractivity contribution in [3.63, 3.8) is 0 Å². The minimum Gasteiger partial charge on any atom is -0.383 e. The van der Waals surface area contributed by atoms with E-state index in [0.717, 1.165) is 26.8 Å². The molecule has 0 spiro atoms. The normalized spacial score (nSPS) is 12.3. The van der Waals surface area contributed by atoms with E-state index in [1.54, 1.807) is 18.0 Å². The van der Waals surface area contributed by atoms with E-state index < -0.39 is 0 Å². The summed E-state index contributed by atoms with van der Waals surface area (Å²) < 4.78 is 0. The number of halogens is 1. The lowest BCUT2D eigenvalue weighted by molar-refractivity contribution is 0.657. The van der Waals surface area contributed by atoms with Crippen molar-refractivity contribution in [2.75, 3.05) is 18.5 Å². The lowest BCUT2D eigenvalue weighted by Crippen LogP contribution is -2.21. The third-order valence-electron chi connectivity index (χ3n) is 3.15. The molecule has 0 aliphatic rings. The number of nitrogen functional groups attached to an aromatic ring is 1. The van der Waals surface area contributed by atoms with Gasteiger partial charge in [-0.2, -0.15) is 0 Å². The van der Waals surface area contributed by atoms with Crippen LogP contribution in [0.1, 0.15) is 17.2 Å². The summed E-state index contributed by atoms with van der Waals surface area (Å²) in [6.45, 7) is 2.06. The summed E-state index contributed by atoms with van der Waals surface area (Å²) in [6, 6.07) is 10.0. The van der Waals surface area contributed by atoms with Gasteiger partial charge in [0, 0.05) is 33.5 Å². The molecule has 1 heterocycles. The van der Waals surface area contributed by atoms with E-state index in [0.29, 0.717) is 5.82 Å². The van der Waals surface area contributed by atoms with Crippen molar-refractivity contribution < 1.29 is 0 Å². The van der Waals surface area contributed by atoms with Gasteiger partial charge in [-0.05, 0) is 43.8 Å². The highest BCUT2D eigenvalue weighted by molar-refractivity contribution is 7.99. The number of aromatic nitrogens is 1. The van der Waals surface area contributed by atoms with Crippen LogP contribution >= 0.6 is 23.4 Å². The van der Waals surface area contributed by atoms with E-state index in [1.165, 1.54) is 0 Å². The van der Waals surface area contributed by atoms with Crippen molar-refractivity contribution in [2.24, 2.45) is 0 Å². The summed E-state index contributed by atoms with van der Waals surface area (Å²) in [4.78, 5) is 5.34. The van der Waals surface area contributed by atoms with Gasteiger partial charge in [-0.15, -0.1) is 11.8 Å². The largest absolute Gasteiger partial charge is 0.383 e. The summed E-state index contributed by atoms with van der Waals surface area (Å²) in [5, 5.41) is 4.07. The van der Waals surface area contributed by atoms with E-state index in [-0.39, 0.29) is 6.04 Å². The number of nitrogens with two attached hydrogens (primary N) is 1. The molecule has 5 heteroatoms. The van der Waals surface area contributed by atoms with E-state index in [9.17, 15) is 0 Å². The lowest BCUT2D eigenvalue weighted by atomic mass is 10.0. The van der Waals surface area contributed by atoms with Gasteiger partial charge in [0.15, 0.2) is 0 Å². The third-order valence-corrected chi connectivity index (χ3v) is 4.47. The van der Waals surface area contributed by atoms with Crippen LogP contribution in [-0.2, 0) is 0 Å². The Morgan fingerprint density at radius 2 is 2.20 bits per heavy atom. The van der Waals surface area contributed by atoms with Crippen LogP contribution < -0.4 is 11.1 Å². The summed E-state index contributed by atoms with van der Waals surface area (Å²) >= 11 is 7.75. The highest BCUT2D eigenvalue weighted by atomic mass is 35.5. The molecule has 0 aliphatic heterocycles. The molecular weight excluding hydrogens is 290 g/mol. The minimum atomic E-state index is 0.160. The van der Waals surface area contributed by atoms with Crippen molar-refractivity contribution in [1.82, 2.24) is 10.3 Å². The number of aryl methyl sites for hydroxylation is 1. The van der Waals surface area contributed by atoms with Crippen LogP contribution in [-0.4, -0.2) is 17.8 Å². The van der Waals surface area contributed by atoms with Crippen molar-refractivity contribution in [3.8, 4) is 0 Å². The number of pyridine rings is 1. The van der Waals surface area contributed by atoms with Crippen LogP contribution in [0, 0.1) is 6.92 Å². The second kappa shape index (κ2) is 6.97. The fourth-order valence-corrected chi connectivity index (χ4v) is 3.42. The SMILES string of the molecule is CNC(CSc1cccc(Cl)c1)c1c(C)ccnc1N. The van der Waals surface area contributed by atoms with Gasteiger partial charge in [0.2, 0.25) is 0 Å². The first kappa shape index (κ1) is 15.2. The molecule has 1 atom stereocenters. The van der Waals surface area contributed by atoms with Crippen molar-refractivity contribution >= 4 is 29.2 Å². The molecule has 3 nitrogen and oxygen atoms in total. The second-order valence-electron chi connectivity index (χ2n) is 4.54. The average Bonchev–Trinajstić information content (AvgIpc) is 2.42. The molecular formula is C15H18ClN3S. The fraction of sp³-hybridized carbons (Fsp3) is 0.267. The molecule has 3 N–H and O–H groups in total. The van der Waals surface area contributed by atoms with Gasteiger partial charge >= 0.3 is 0 Å². The fourth-order valence-electron chi connectivity index (χ4n) is 2.09. The smallest absolute Gasteiger partial charge is 0.128 e. The molecule has 0 amide bonds. The highest BCUT2D eigenvalue weighted by Crippen LogP contribution is 2.29. The number of nitrogens with zero attached hydrogens (tertiary/aromatic N) is 1. The van der Waals surface area contributed by atoms with E-state index >= 15 is 0 Å². The van der Waals surface area contributed by atoms with Crippen molar-refractivity contribution in [1.29, 1.82) is 0 Å². The van der Waals surface area contributed by atoms with Gasteiger partial charge in [-0.3, -0.25) is 0 Å². The molecule has 1 aromatic carbocycles. The molecule has 0 saturated carbocycles. The molecule has 2 rings (SSSR count). The van der Waals surface area contributed by atoms with Gasteiger partial charge in [0.1, 0.15) is 5.82 Å². The number of nitrogens with one attached hydrogen (secondary N) is 1. The zero-order valence-electron chi connectivity index (χ0n) is 11.6. The van der Waals surface area contributed by atoms with Crippen molar-refractivity contribution in [2.45, 2.75) is 17.9 Å². The highest BCUT2D eigenvalue weighted by Gasteiger charge is 2.16. The maximum atomic E-state index is 6.01. The molecule has 1 aromatic heterocycles. The van der Waals surface area contributed by atoms with Crippen LogP contribution in [0.5, 0.6) is 0 Å². The Balaban J connectivity index is 2.13. The summed E-state index contributed by atoms with van der Waals surface area (Å²) in [6.07, 6.45) is 1.74. The molecule has 0 bridgehead atoms. The Labute approximate surface area is 128 Å². The maximum Gasteiger partial charge on any atom is 0.128 e. The van der Waals surface area contributed by atoms with Crippen LogP contribution in [0.4, 0.5) is 5.82 Å². The summed E-state index contributed by atoms with van der Waals surface area (Å²) in [5.41, 5.74) is 8.24. The topological polar surface area (TPSA) is 50.9 Å². The van der Waals surface area contributed by atoms with Crippen LogP contribution in [0.25, 0.3) is 0 Å². The zero-order chi connectivity index (χ0) is 14.5. The first-order valence-corrected chi connectivity index (χ1v) is 7.74. The van der Waals surface area contributed by atoms with E-state index in [1.807, 2.05) is 31.3 Å². The van der Waals surface area contributed by atoms with E-state index in [2.05, 4.69) is 23.3 Å². The Morgan fingerprint density at radius 3 is 2.85 bits per heavy atom. The molecule has 1 unspecified atom stereocenters. The minimum absolute atomic E-state index is 0.160. The number of thioether (sulfide) groups is 1. The Morgan fingerprint density at radius 1 is 1.40 bits per heavy atom. The Kier molecular flexibility index (Phi) is 5.29. The number of hydrogen-bond acceptors (Lipinski definition) is 4. The zero-order valence-corrected chi connectivity index (χ0v) is 13.1. The Bertz CT molecular complexity index is 569. The molecule has 0 radical (unpaired) electrons. The second-order valence-corrected chi connectivity index (χ2v) is 6.07. The predicted molar refractivity (Wildman–Crippen MR) is 87.4 cm³/mol. The average molecular weight is 308 g/mol. The number of hydrogen-bond donors (Lipinski definition) is 2. The van der Waals surface area contributed by atoms with Gasteiger partial charge in [-0.25, -0.2) is 4.98 Å². The Hall–Kier alpha value is -1.23. The standard InChI is InChI=1S/C15H18ClN3S/c1-10-6-7-19-15(17)14(10)13(18-2)9-20-12-5-3-4-11(16)8-12/h3-8,13,18H,9H2,1-2H3,(H2,17,19). The number of benzene rings is 1. The molecule has 20 heavy (non-hydrogen) atoms. The van der Waals surface area contributed by atoms with Crippen LogP contribution in [0.2, 0.25) is 5.02 Å². The first-order chi connectivity index (χ1) is 9.61. The molecule has 2 aromatic rings. The van der Waals surface area contributed by atoms with Gasteiger partial charge in [0.05, 0.1) is 0 Å². The van der Waals surface area contributed by atoms with Crippen LogP contribution in [0.15, 0.2) is 41.4 Å². The third kappa shape index (κ3) is 3.66. The predicted octanol–water partition coefficient (Wildman–Crippen LogP) is 3.68. The van der Waals surface area contributed by atoms with Crippen LogP contribution in [0.3, 0.4) is 0 Å². The van der Waals surface area contributed by atoms with E-state index in [4.69, 9.17) is 17.3 Å². The van der Waals surface area contributed by atoms with Gasteiger partial charge in [-0.1, -0.05) is 17.7 Å². The summed E-state index contributed by atoms with van der Waals surface area (Å²) in [7, 11) is 1.94. The first-order valence-electron chi connectivity index (χ1n) is 6.38. The number of anilines is 1. The quantitative estimate of drug-likeness (QED) is 0.827. The maximum absolute atomic E-state index is 6.01.